The Hall–Kier alpha value is -0.0800. The van der Waals surface area contributed by atoms with Crippen LogP contribution in [0.1, 0.15) is 58.8 Å². The molecule has 2 aliphatic rings. The largest absolute Gasteiger partial charge is 0.316 e. The molecule has 0 heterocycles. The van der Waals surface area contributed by atoms with Gasteiger partial charge in [0.05, 0.1) is 0 Å². The Kier molecular flexibility index (Phi) is 5.50. The standard InChI is InChI=1S/C16H32N2/c1-4-10-17-12-14-8-9-16(14)18(3)15-7-5-6-13(2)11-15/h13-17H,4-12H2,1-3H3. The molecular formula is C16H32N2. The number of nitrogens with one attached hydrogen (secondary N) is 1. The molecule has 2 saturated carbocycles. The minimum Gasteiger partial charge on any atom is -0.316 e. The van der Waals surface area contributed by atoms with Crippen molar-refractivity contribution < 1.29 is 0 Å². The van der Waals surface area contributed by atoms with E-state index < -0.39 is 0 Å². The zero-order chi connectivity index (χ0) is 13.0. The van der Waals surface area contributed by atoms with Crippen LogP contribution in [0.25, 0.3) is 0 Å². The minimum atomic E-state index is 0.865. The maximum atomic E-state index is 3.61. The van der Waals surface area contributed by atoms with Gasteiger partial charge >= 0.3 is 0 Å². The summed E-state index contributed by atoms with van der Waals surface area (Å²) in [6, 6.07) is 1.73. The predicted molar refractivity (Wildman–Crippen MR) is 78.9 cm³/mol. The topological polar surface area (TPSA) is 15.3 Å². The van der Waals surface area contributed by atoms with Gasteiger partial charge in [-0.3, -0.25) is 0 Å². The third-order valence-electron chi connectivity index (χ3n) is 5.22. The molecule has 0 radical (unpaired) electrons. The van der Waals surface area contributed by atoms with E-state index in [0.717, 1.165) is 23.9 Å². The van der Waals surface area contributed by atoms with Crippen molar-refractivity contribution in [2.75, 3.05) is 20.1 Å². The Balaban J connectivity index is 1.76. The Bertz CT molecular complexity index is 241. The first kappa shape index (κ1) is 14.3. The minimum absolute atomic E-state index is 0.865. The van der Waals surface area contributed by atoms with Crippen LogP contribution in [0.2, 0.25) is 0 Å². The van der Waals surface area contributed by atoms with Gasteiger partial charge in [-0.15, -0.1) is 0 Å². The van der Waals surface area contributed by atoms with Crippen LogP contribution in [0.5, 0.6) is 0 Å². The van der Waals surface area contributed by atoms with Crippen molar-refractivity contribution >= 4 is 0 Å². The van der Waals surface area contributed by atoms with E-state index in [4.69, 9.17) is 0 Å². The van der Waals surface area contributed by atoms with E-state index in [-0.39, 0.29) is 0 Å². The molecule has 2 fully saturated rings. The van der Waals surface area contributed by atoms with Gasteiger partial charge in [0.25, 0.3) is 0 Å². The maximum Gasteiger partial charge on any atom is 0.0136 e. The lowest BCUT2D eigenvalue weighted by Gasteiger charge is -2.48. The van der Waals surface area contributed by atoms with Crippen LogP contribution in [0.15, 0.2) is 0 Å². The first-order chi connectivity index (χ1) is 8.72. The molecule has 2 heteroatoms. The quantitative estimate of drug-likeness (QED) is 0.730. The van der Waals surface area contributed by atoms with Crippen LogP contribution in [-0.2, 0) is 0 Å². The molecule has 0 aromatic rings. The average molecular weight is 252 g/mol. The van der Waals surface area contributed by atoms with Crippen molar-refractivity contribution in [2.45, 2.75) is 70.9 Å². The summed E-state index contributed by atoms with van der Waals surface area (Å²) in [6.45, 7) is 7.11. The van der Waals surface area contributed by atoms with Gasteiger partial charge in [0.15, 0.2) is 0 Å². The van der Waals surface area contributed by atoms with Gasteiger partial charge in [0.1, 0.15) is 0 Å². The van der Waals surface area contributed by atoms with Crippen molar-refractivity contribution in [3.8, 4) is 0 Å². The second kappa shape index (κ2) is 6.91. The number of hydrogen-bond acceptors (Lipinski definition) is 2. The van der Waals surface area contributed by atoms with E-state index in [9.17, 15) is 0 Å². The number of nitrogens with zero attached hydrogens (tertiary/aromatic N) is 1. The fourth-order valence-corrected chi connectivity index (χ4v) is 3.83. The third kappa shape index (κ3) is 3.48. The molecule has 0 aliphatic heterocycles. The first-order valence-corrected chi connectivity index (χ1v) is 8.15. The van der Waals surface area contributed by atoms with E-state index in [2.05, 4.69) is 31.1 Å². The molecule has 106 valence electrons. The Morgan fingerprint density at radius 3 is 2.61 bits per heavy atom. The normalized spacial score (nSPS) is 36.7. The van der Waals surface area contributed by atoms with Gasteiger partial charge < -0.3 is 10.2 Å². The second-order valence-electron chi connectivity index (χ2n) is 6.70. The summed E-state index contributed by atoms with van der Waals surface area (Å²) in [5.41, 5.74) is 0. The highest BCUT2D eigenvalue weighted by molar-refractivity contribution is 4.92. The van der Waals surface area contributed by atoms with Gasteiger partial charge in [-0.05, 0) is 64.1 Å². The molecule has 18 heavy (non-hydrogen) atoms. The molecule has 0 spiro atoms. The molecule has 0 aromatic heterocycles. The molecule has 2 aliphatic carbocycles. The summed E-state index contributed by atoms with van der Waals surface area (Å²) in [7, 11) is 2.39. The van der Waals surface area contributed by atoms with Crippen LogP contribution in [0, 0.1) is 11.8 Å². The fraction of sp³-hybridized carbons (Fsp3) is 1.00. The molecule has 0 aromatic carbocycles. The molecule has 2 rings (SSSR count). The third-order valence-corrected chi connectivity index (χ3v) is 5.22. The number of hydrogen-bond donors (Lipinski definition) is 1. The van der Waals surface area contributed by atoms with E-state index in [1.165, 1.54) is 58.0 Å². The molecule has 4 unspecified atom stereocenters. The van der Waals surface area contributed by atoms with E-state index >= 15 is 0 Å². The van der Waals surface area contributed by atoms with Gasteiger partial charge in [-0.1, -0.05) is 26.7 Å². The Morgan fingerprint density at radius 1 is 1.17 bits per heavy atom. The summed E-state index contributed by atoms with van der Waals surface area (Å²) in [4.78, 5) is 2.73. The van der Waals surface area contributed by atoms with Crippen molar-refractivity contribution in [1.29, 1.82) is 0 Å². The fourth-order valence-electron chi connectivity index (χ4n) is 3.83. The van der Waals surface area contributed by atoms with Crippen LogP contribution < -0.4 is 5.32 Å². The van der Waals surface area contributed by atoms with Crippen LogP contribution in [-0.4, -0.2) is 37.1 Å². The Morgan fingerprint density at radius 2 is 2.00 bits per heavy atom. The van der Waals surface area contributed by atoms with Crippen molar-refractivity contribution in [3.63, 3.8) is 0 Å². The van der Waals surface area contributed by atoms with Gasteiger partial charge in [0, 0.05) is 12.1 Å². The summed E-state index contributed by atoms with van der Waals surface area (Å²) >= 11 is 0. The van der Waals surface area contributed by atoms with Crippen molar-refractivity contribution in [3.05, 3.63) is 0 Å². The average Bonchev–Trinajstić information content (AvgIpc) is 2.33. The van der Waals surface area contributed by atoms with Crippen molar-refractivity contribution in [1.82, 2.24) is 10.2 Å². The highest BCUT2D eigenvalue weighted by Gasteiger charge is 2.37. The molecule has 0 saturated heterocycles. The molecular weight excluding hydrogens is 220 g/mol. The highest BCUT2D eigenvalue weighted by atomic mass is 15.2. The van der Waals surface area contributed by atoms with Gasteiger partial charge in [-0.25, -0.2) is 0 Å². The van der Waals surface area contributed by atoms with Gasteiger partial charge in [-0.2, -0.15) is 0 Å². The zero-order valence-electron chi connectivity index (χ0n) is 12.6. The lowest BCUT2D eigenvalue weighted by Crippen LogP contribution is -2.53. The monoisotopic (exact) mass is 252 g/mol. The molecule has 1 N–H and O–H groups in total. The lowest BCUT2D eigenvalue weighted by atomic mass is 9.76. The van der Waals surface area contributed by atoms with Crippen LogP contribution in [0.3, 0.4) is 0 Å². The van der Waals surface area contributed by atoms with Gasteiger partial charge in [0.2, 0.25) is 0 Å². The maximum absolute atomic E-state index is 3.61. The van der Waals surface area contributed by atoms with Crippen LogP contribution >= 0.6 is 0 Å². The summed E-state index contributed by atoms with van der Waals surface area (Å²) < 4.78 is 0. The SMILES string of the molecule is CCCNCC1CCC1N(C)C1CCCC(C)C1. The molecule has 4 atom stereocenters. The van der Waals surface area contributed by atoms with E-state index in [1.807, 2.05) is 0 Å². The predicted octanol–water partition coefficient (Wildman–Crippen LogP) is 3.28. The summed E-state index contributed by atoms with van der Waals surface area (Å²) in [5, 5.41) is 3.61. The van der Waals surface area contributed by atoms with Crippen LogP contribution in [0.4, 0.5) is 0 Å². The van der Waals surface area contributed by atoms with E-state index in [0.29, 0.717) is 0 Å². The molecule has 0 amide bonds. The smallest absolute Gasteiger partial charge is 0.0136 e. The summed E-state index contributed by atoms with van der Waals surface area (Å²) in [6.07, 6.45) is 9.90. The second-order valence-corrected chi connectivity index (χ2v) is 6.70. The zero-order valence-corrected chi connectivity index (χ0v) is 12.6. The van der Waals surface area contributed by atoms with Crippen molar-refractivity contribution in [2.24, 2.45) is 11.8 Å². The summed E-state index contributed by atoms with van der Waals surface area (Å²) in [5.74, 6) is 1.86. The first-order valence-electron chi connectivity index (χ1n) is 8.15. The highest BCUT2D eigenvalue weighted by Crippen LogP contribution is 2.36. The number of rotatable bonds is 6. The molecule has 0 bridgehead atoms. The Labute approximate surface area is 114 Å². The molecule has 2 nitrogen and oxygen atoms in total. The van der Waals surface area contributed by atoms with E-state index in [1.54, 1.807) is 0 Å². The lowest BCUT2D eigenvalue weighted by molar-refractivity contribution is 0.0288.